The standard InChI is InChI=1S/C17H9BrN2S4/c18-12-6-5-11(23-12)17-19-13-14(20-17)16(10-4-2-8-22-10)24-15(13)9-3-1-7-21-9/h1-8H,(H,19,20). The number of fused-ring (bicyclic) bond motifs is 1. The van der Waals surface area contributed by atoms with E-state index in [9.17, 15) is 0 Å². The minimum Gasteiger partial charge on any atom is -0.336 e. The van der Waals surface area contributed by atoms with Crippen LogP contribution in [0.15, 0.2) is 50.9 Å². The second-order valence-corrected chi connectivity index (χ2v) is 10.5. The number of rotatable bonds is 3. The van der Waals surface area contributed by atoms with Crippen LogP contribution in [-0.4, -0.2) is 9.97 Å². The van der Waals surface area contributed by atoms with E-state index < -0.39 is 0 Å². The molecule has 5 heterocycles. The number of aromatic nitrogens is 2. The van der Waals surface area contributed by atoms with Gasteiger partial charge in [-0.05, 0) is 51.0 Å². The molecule has 2 nitrogen and oxygen atoms in total. The molecule has 5 aromatic rings. The summed E-state index contributed by atoms with van der Waals surface area (Å²) in [5.74, 6) is 0.944. The number of imidazole rings is 1. The van der Waals surface area contributed by atoms with Crippen molar-refractivity contribution in [3.05, 3.63) is 50.9 Å². The van der Waals surface area contributed by atoms with Gasteiger partial charge in [0.1, 0.15) is 11.3 Å². The van der Waals surface area contributed by atoms with E-state index in [2.05, 4.69) is 68.1 Å². The molecule has 0 aromatic carbocycles. The molecule has 0 spiro atoms. The van der Waals surface area contributed by atoms with E-state index in [1.54, 1.807) is 34.0 Å². The number of thiophene rings is 4. The summed E-state index contributed by atoms with van der Waals surface area (Å²) in [7, 11) is 0. The summed E-state index contributed by atoms with van der Waals surface area (Å²) in [6, 6.07) is 12.7. The lowest BCUT2D eigenvalue weighted by atomic mass is 10.3. The fourth-order valence-corrected chi connectivity index (χ4v) is 6.86. The van der Waals surface area contributed by atoms with Crippen molar-refractivity contribution in [2.45, 2.75) is 0 Å². The van der Waals surface area contributed by atoms with Crippen molar-refractivity contribution >= 4 is 72.3 Å². The van der Waals surface area contributed by atoms with Crippen LogP contribution in [0.3, 0.4) is 0 Å². The van der Waals surface area contributed by atoms with Gasteiger partial charge in [-0.15, -0.1) is 45.3 Å². The number of nitrogens with zero attached hydrogens (tertiary/aromatic N) is 1. The van der Waals surface area contributed by atoms with Crippen LogP contribution in [-0.2, 0) is 0 Å². The van der Waals surface area contributed by atoms with Crippen molar-refractivity contribution in [2.24, 2.45) is 0 Å². The van der Waals surface area contributed by atoms with Gasteiger partial charge in [-0.2, -0.15) is 0 Å². The zero-order chi connectivity index (χ0) is 16.1. The van der Waals surface area contributed by atoms with Crippen molar-refractivity contribution in [2.75, 3.05) is 0 Å². The number of nitrogens with one attached hydrogen (secondary N) is 1. The highest BCUT2D eigenvalue weighted by molar-refractivity contribution is 9.11. The first-order chi connectivity index (χ1) is 11.8. The zero-order valence-electron chi connectivity index (χ0n) is 12.1. The van der Waals surface area contributed by atoms with Crippen molar-refractivity contribution in [1.29, 1.82) is 0 Å². The molecule has 7 heteroatoms. The molecular weight excluding hydrogens is 440 g/mol. The molecule has 0 radical (unpaired) electrons. The van der Waals surface area contributed by atoms with Crippen molar-refractivity contribution in [1.82, 2.24) is 9.97 Å². The summed E-state index contributed by atoms with van der Waals surface area (Å²) < 4.78 is 1.12. The largest absolute Gasteiger partial charge is 0.336 e. The van der Waals surface area contributed by atoms with Gasteiger partial charge in [-0.3, -0.25) is 0 Å². The molecule has 0 aliphatic carbocycles. The molecule has 1 N–H and O–H groups in total. The minimum absolute atomic E-state index is 0.944. The molecule has 0 bridgehead atoms. The summed E-state index contributed by atoms with van der Waals surface area (Å²) in [4.78, 5) is 14.7. The third kappa shape index (κ3) is 2.43. The quantitative estimate of drug-likeness (QED) is 0.302. The molecule has 5 rings (SSSR count). The van der Waals surface area contributed by atoms with E-state index in [0.29, 0.717) is 0 Å². The van der Waals surface area contributed by atoms with Gasteiger partial charge in [0.15, 0.2) is 0 Å². The van der Waals surface area contributed by atoms with E-state index in [0.717, 1.165) is 25.5 Å². The molecule has 5 aromatic heterocycles. The number of aromatic amines is 1. The molecule has 0 saturated heterocycles. The maximum atomic E-state index is 4.94. The van der Waals surface area contributed by atoms with Crippen LogP contribution in [0.1, 0.15) is 0 Å². The van der Waals surface area contributed by atoms with Gasteiger partial charge in [-0.1, -0.05) is 12.1 Å². The molecule has 0 fully saturated rings. The Kier molecular flexibility index (Phi) is 3.71. The van der Waals surface area contributed by atoms with Gasteiger partial charge in [0.2, 0.25) is 0 Å². The lowest BCUT2D eigenvalue weighted by Crippen LogP contribution is -1.75. The molecule has 0 aliphatic heterocycles. The molecule has 0 atom stereocenters. The average Bonchev–Trinajstić information content (AvgIpc) is 3.35. The fraction of sp³-hybridized carbons (Fsp3) is 0. The number of hydrogen-bond acceptors (Lipinski definition) is 5. The predicted octanol–water partition coefficient (Wildman–Crippen LogP) is 7.57. The first-order valence-electron chi connectivity index (χ1n) is 7.15. The normalized spacial score (nSPS) is 11.5. The summed E-state index contributed by atoms with van der Waals surface area (Å²) in [6.45, 7) is 0. The van der Waals surface area contributed by atoms with Gasteiger partial charge < -0.3 is 4.98 Å². The van der Waals surface area contributed by atoms with Crippen molar-refractivity contribution in [3.63, 3.8) is 0 Å². The van der Waals surface area contributed by atoms with Crippen LogP contribution in [0.5, 0.6) is 0 Å². The highest BCUT2D eigenvalue weighted by Gasteiger charge is 2.20. The second kappa shape index (κ2) is 5.93. The Bertz CT molecular complexity index is 1050. The summed E-state index contributed by atoms with van der Waals surface area (Å²) in [6.07, 6.45) is 0. The van der Waals surface area contributed by atoms with E-state index in [1.165, 1.54) is 19.5 Å². The molecule has 118 valence electrons. The molecular formula is C17H9BrN2S4. The van der Waals surface area contributed by atoms with E-state index in [-0.39, 0.29) is 0 Å². The molecule has 0 aliphatic rings. The van der Waals surface area contributed by atoms with E-state index >= 15 is 0 Å². The van der Waals surface area contributed by atoms with Crippen LogP contribution in [0.4, 0.5) is 0 Å². The highest BCUT2D eigenvalue weighted by atomic mass is 79.9. The van der Waals surface area contributed by atoms with Gasteiger partial charge >= 0.3 is 0 Å². The topological polar surface area (TPSA) is 28.7 Å². The maximum Gasteiger partial charge on any atom is 0.148 e. The van der Waals surface area contributed by atoms with Crippen LogP contribution < -0.4 is 0 Å². The summed E-state index contributed by atoms with van der Waals surface area (Å²) in [5.41, 5.74) is 2.22. The fourth-order valence-electron chi connectivity index (χ4n) is 2.62. The highest BCUT2D eigenvalue weighted by Crippen LogP contribution is 2.46. The lowest BCUT2D eigenvalue weighted by Gasteiger charge is -1.94. The lowest BCUT2D eigenvalue weighted by molar-refractivity contribution is 1.36. The van der Waals surface area contributed by atoms with Gasteiger partial charge in [0, 0.05) is 9.75 Å². The Morgan fingerprint density at radius 2 is 1.58 bits per heavy atom. The molecule has 0 saturated carbocycles. The first-order valence-corrected chi connectivity index (χ1v) is 11.3. The van der Waals surface area contributed by atoms with Crippen molar-refractivity contribution in [3.8, 4) is 30.2 Å². The molecule has 0 unspecified atom stereocenters. The molecule has 0 amide bonds. The zero-order valence-corrected chi connectivity index (χ0v) is 16.9. The SMILES string of the molecule is Brc1ccc(-c2nc3c(-c4cccs4)sc(-c4cccs4)c3[nH]2)s1. The van der Waals surface area contributed by atoms with Gasteiger partial charge in [-0.25, -0.2) is 4.98 Å². The third-order valence-electron chi connectivity index (χ3n) is 3.65. The van der Waals surface area contributed by atoms with Gasteiger partial charge in [0.05, 0.1) is 23.9 Å². The van der Waals surface area contributed by atoms with Crippen molar-refractivity contribution < 1.29 is 0 Å². The number of hydrogen-bond donors (Lipinski definition) is 1. The maximum absolute atomic E-state index is 4.94. The average molecular weight is 449 g/mol. The predicted molar refractivity (Wildman–Crippen MR) is 112 cm³/mol. The van der Waals surface area contributed by atoms with E-state index in [4.69, 9.17) is 4.98 Å². The Hall–Kier alpha value is -1.25. The van der Waals surface area contributed by atoms with Crippen LogP contribution >= 0.6 is 61.3 Å². The minimum atomic E-state index is 0.944. The second-order valence-electron chi connectivity index (χ2n) is 5.13. The summed E-state index contributed by atoms with van der Waals surface area (Å²) >= 11 is 10.6. The van der Waals surface area contributed by atoms with Gasteiger partial charge in [0.25, 0.3) is 0 Å². The Morgan fingerprint density at radius 1 is 0.833 bits per heavy atom. The molecule has 24 heavy (non-hydrogen) atoms. The first kappa shape index (κ1) is 15.0. The Labute approximate surface area is 162 Å². The summed E-state index contributed by atoms with van der Waals surface area (Å²) in [5, 5.41) is 4.25. The Morgan fingerprint density at radius 3 is 2.21 bits per heavy atom. The smallest absolute Gasteiger partial charge is 0.148 e. The Balaban J connectivity index is 1.78. The monoisotopic (exact) mass is 448 g/mol. The third-order valence-corrected chi connectivity index (χ3v) is 8.56. The number of H-pyrrole nitrogens is 1. The van der Waals surface area contributed by atoms with Crippen LogP contribution in [0.2, 0.25) is 0 Å². The van der Waals surface area contributed by atoms with Crippen LogP contribution in [0, 0.1) is 0 Å². The van der Waals surface area contributed by atoms with Crippen LogP contribution in [0.25, 0.3) is 41.2 Å². The van der Waals surface area contributed by atoms with E-state index in [1.807, 2.05) is 11.3 Å². The number of halogens is 1.